The van der Waals surface area contributed by atoms with Gasteiger partial charge in [0.2, 0.25) is 17.5 Å². The molecule has 0 amide bonds. The minimum atomic E-state index is -2.80. The predicted molar refractivity (Wildman–Crippen MR) is 89.8 cm³/mol. The van der Waals surface area contributed by atoms with E-state index in [1.807, 2.05) is 0 Å². The van der Waals surface area contributed by atoms with Crippen molar-refractivity contribution in [3.8, 4) is 28.8 Å². The number of carboxylic acid groups (broad SMARTS) is 3. The number of Topliss-reactive ketones (excluding diaryl/α,β-unsaturated/α-hetero) is 1. The number of carbonyl (C=O) groups excluding carboxylic acids is 1. The predicted octanol–water partition coefficient (Wildman–Crippen LogP) is 1.62. The molecule has 0 radical (unpaired) electrons. The van der Waals surface area contributed by atoms with Crippen LogP contribution in [0, 0.1) is 0 Å². The maximum atomic E-state index is 12.9. The van der Waals surface area contributed by atoms with E-state index < -0.39 is 53.2 Å². The van der Waals surface area contributed by atoms with E-state index in [0.717, 1.165) is 12.1 Å². The molecule has 0 bridgehead atoms. The summed E-state index contributed by atoms with van der Waals surface area (Å²) >= 11 is 0. The Labute approximate surface area is 165 Å². The Balaban J connectivity index is 2.34. The average molecular weight is 424 g/mol. The summed E-state index contributed by atoms with van der Waals surface area (Å²) in [6.07, 6.45) is -5.35. The van der Waals surface area contributed by atoms with Gasteiger partial charge >= 0.3 is 18.5 Å². The lowest BCUT2D eigenvalue weighted by Gasteiger charge is -2.31. The highest BCUT2D eigenvalue weighted by molar-refractivity contribution is 6.11. The Hall–Kier alpha value is -4.17. The van der Waals surface area contributed by atoms with Crippen LogP contribution >= 0.6 is 0 Å². The van der Waals surface area contributed by atoms with Gasteiger partial charge in [0.15, 0.2) is 5.75 Å². The molecule has 2 heterocycles. The van der Waals surface area contributed by atoms with Crippen molar-refractivity contribution in [1.29, 1.82) is 0 Å². The highest BCUT2D eigenvalue weighted by Crippen LogP contribution is 2.48. The summed E-state index contributed by atoms with van der Waals surface area (Å²) in [6, 6.07) is 1.73. The zero-order valence-corrected chi connectivity index (χ0v) is 14.9. The Morgan fingerprint density at radius 1 is 1.07 bits per heavy atom. The molecule has 3 rings (SSSR count). The molecule has 14 heteroatoms. The third-order valence-electron chi connectivity index (χ3n) is 3.82. The number of fused-ring (bicyclic) bond motifs is 3. The second-order valence-corrected chi connectivity index (χ2v) is 5.61. The minimum Gasteiger partial charge on any atom is -0.449 e. The Morgan fingerprint density at radius 2 is 1.70 bits per heavy atom. The first kappa shape index (κ1) is 20.6. The number of ketones is 1. The first-order valence-corrected chi connectivity index (χ1v) is 7.99. The van der Waals surface area contributed by atoms with Crippen LogP contribution in [0.2, 0.25) is 0 Å². The maximum Gasteiger partial charge on any atom is 0.512 e. The largest absolute Gasteiger partial charge is 0.512 e. The number of nitrogens with zero attached hydrogens (tertiary/aromatic N) is 1. The summed E-state index contributed by atoms with van der Waals surface area (Å²) in [7, 11) is 0. The standard InChI is InChI=1S/C16H12N2O12/c1-2-27-16(26)11-9(6(28-13(20)21)4-8(18-11)30-15(24)25)10-5(12(16)19)3-7(17-10)29-14(22)23/h3-4,17,26H,2H2,1H3,(H,20,21)(H,22,23)(H,24,25). The van der Waals surface area contributed by atoms with Gasteiger partial charge in [0.05, 0.1) is 16.8 Å². The number of hydrogen-bond donors (Lipinski definition) is 5. The molecule has 1 aliphatic carbocycles. The molecule has 0 spiro atoms. The molecular formula is C16H12N2O12. The molecule has 1 unspecified atom stereocenters. The van der Waals surface area contributed by atoms with Gasteiger partial charge in [-0.15, -0.1) is 0 Å². The van der Waals surface area contributed by atoms with Crippen molar-refractivity contribution in [2.45, 2.75) is 12.7 Å². The molecule has 0 aromatic carbocycles. The lowest BCUT2D eigenvalue weighted by molar-refractivity contribution is -0.173. The van der Waals surface area contributed by atoms with Gasteiger partial charge in [0, 0.05) is 18.7 Å². The number of rotatable bonds is 5. The molecule has 0 saturated heterocycles. The third-order valence-corrected chi connectivity index (χ3v) is 3.82. The van der Waals surface area contributed by atoms with Crippen molar-refractivity contribution in [2.75, 3.05) is 6.61 Å². The van der Waals surface area contributed by atoms with E-state index in [-0.39, 0.29) is 23.4 Å². The molecule has 5 N–H and O–H groups in total. The molecule has 2 aromatic heterocycles. The summed E-state index contributed by atoms with van der Waals surface area (Å²) in [6.45, 7) is 1.21. The lowest BCUT2D eigenvalue weighted by atomic mass is 9.87. The highest BCUT2D eigenvalue weighted by Gasteiger charge is 2.50. The third kappa shape index (κ3) is 3.47. The second-order valence-electron chi connectivity index (χ2n) is 5.61. The Morgan fingerprint density at radius 3 is 2.27 bits per heavy atom. The zero-order chi connectivity index (χ0) is 22.2. The summed E-state index contributed by atoms with van der Waals surface area (Å²) < 4.78 is 18.6. The number of pyridine rings is 1. The van der Waals surface area contributed by atoms with E-state index in [1.165, 1.54) is 6.92 Å². The molecule has 158 valence electrons. The van der Waals surface area contributed by atoms with Gasteiger partial charge in [0.25, 0.3) is 5.79 Å². The quantitative estimate of drug-likeness (QED) is 0.341. The second kappa shape index (κ2) is 7.34. The number of hydrogen-bond acceptors (Lipinski definition) is 10. The summed E-state index contributed by atoms with van der Waals surface area (Å²) in [5.74, 6) is -5.64. The normalized spacial score (nSPS) is 16.9. The van der Waals surface area contributed by atoms with Crippen molar-refractivity contribution in [1.82, 2.24) is 9.97 Å². The van der Waals surface area contributed by atoms with Crippen LogP contribution in [0.5, 0.6) is 17.5 Å². The summed E-state index contributed by atoms with van der Waals surface area (Å²) in [4.78, 5) is 51.9. The molecule has 1 aliphatic rings. The van der Waals surface area contributed by atoms with Crippen LogP contribution in [-0.2, 0) is 10.5 Å². The maximum absolute atomic E-state index is 12.9. The highest BCUT2D eigenvalue weighted by atomic mass is 16.7. The zero-order valence-electron chi connectivity index (χ0n) is 14.9. The first-order valence-electron chi connectivity index (χ1n) is 7.99. The van der Waals surface area contributed by atoms with Gasteiger partial charge in [-0.05, 0) is 6.92 Å². The smallest absolute Gasteiger partial charge is 0.449 e. The van der Waals surface area contributed by atoms with Crippen molar-refractivity contribution in [3.63, 3.8) is 0 Å². The number of nitrogens with one attached hydrogen (secondary N) is 1. The van der Waals surface area contributed by atoms with Crippen molar-refractivity contribution in [2.24, 2.45) is 0 Å². The van der Waals surface area contributed by atoms with Crippen LogP contribution in [0.1, 0.15) is 23.0 Å². The molecule has 2 aromatic rings. The monoisotopic (exact) mass is 424 g/mol. The number of aromatic nitrogens is 2. The number of carbonyl (C=O) groups is 4. The van der Waals surface area contributed by atoms with Crippen molar-refractivity contribution in [3.05, 3.63) is 23.4 Å². The van der Waals surface area contributed by atoms with E-state index in [1.54, 1.807) is 0 Å². The van der Waals surface area contributed by atoms with Crippen LogP contribution in [-0.4, -0.2) is 61.3 Å². The molecule has 0 aliphatic heterocycles. The summed E-state index contributed by atoms with van der Waals surface area (Å²) in [5.41, 5.74) is -1.48. The molecule has 14 nitrogen and oxygen atoms in total. The summed E-state index contributed by atoms with van der Waals surface area (Å²) in [5, 5.41) is 37.6. The molecule has 1 atom stereocenters. The topological polar surface area (TPSA) is 215 Å². The van der Waals surface area contributed by atoms with Gasteiger partial charge in [0.1, 0.15) is 5.69 Å². The number of aliphatic hydroxyl groups is 1. The van der Waals surface area contributed by atoms with Gasteiger partial charge in [-0.2, -0.15) is 0 Å². The number of H-pyrrole nitrogens is 1. The van der Waals surface area contributed by atoms with E-state index in [9.17, 15) is 24.3 Å². The number of ether oxygens (including phenoxy) is 4. The average Bonchev–Trinajstić information content (AvgIpc) is 3.01. The van der Waals surface area contributed by atoms with Crippen LogP contribution in [0.4, 0.5) is 14.4 Å². The van der Waals surface area contributed by atoms with Crippen LogP contribution in [0.3, 0.4) is 0 Å². The minimum absolute atomic E-state index is 0.207. The van der Waals surface area contributed by atoms with Crippen molar-refractivity contribution < 1.29 is 58.6 Å². The Kier molecular flexibility index (Phi) is 5.03. The van der Waals surface area contributed by atoms with Gasteiger partial charge < -0.3 is 44.4 Å². The van der Waals surface area contributed by atoms with Gasteiger partial charge in [-0.1, -0.05) is 0 Å². The lowest BCUT2D eigenvalue weighted by Crippen LogP contribution is -2.42. The van der Waals surface area contributed by atoms with Crippen LogP contribution < -0.4 is 14.2 Å². The fraction of sp³-hybridized carbons (Fsp3) is 0.188. The van der Waals surface area contributed by atoms with Crippen LogP contribution in [0.25, 0.3) is 11.3 Å². The van der Waals surface area contributed by atoms with Gasteiger partial charge in [-0.3, -0.25) is 4.79 Å². The van der Waals surface area contributed by atoms with E-state index in [2.05, 4.69) is 24.2 Å². The molecule has 30 heavy (non-hydrogen) atoms. The van der Waals surface area contributed by atoms with E-state index >= 15 is 0 Å². The van der Waals surface area contributed by atoms with E-state index in [0.29, 0.717) is 0 Å². The fourth-order valence-corrected chi connectivity index (χ4v) is 2.89. The van der Waals surface area contributed by atoms with E-state index in [4.69, 9.17) is 20.1 Å². The first-order chi connectivity index (χ1) is 14.1. The molecule has 0 saturated carbocycles. The van der Waals surface area contributed by atoms with Crippen molar-refractivity contribution >= 4 is 24.2 Å². The fourth-order valence-electron chi connectivity index (χ4n) is 2.89. The molecular weight excluding hydrogens is 412 g/mol. The number of aromatic amines is 1. The molecule has 0 fully saturated rings. The van der Waals surface area contributed by atoms with Gasteiger partial charge in [-0.25, -0.2) is 19.4 Å². The Bertz CT molecular complexity index is 1070. The van der Waals surface area contributed by atoms with Crippen LogP contribution in [0.15, 0.2) is 12.1 Å². The SMILES string of the molecule is CCOC1(O)C(=O)c2cc(OC(=O)O)[nH]c2-c2c(OC(=O)O)cc(OC(=O)O)nc21.